The third-order valence-electron chi connectivity index (χ3n) is 2.87. The highest BCUT2D eigenvalue weighted by atomic mass is 31.0. The van der Waals surface area contributed by atoms with E-state index in [9.17, 15) is 9.50 Å². The number of aliphatic hydroxyl groups is 1. The minimum atomic E-state index is -0.566. The monoisotopic (exact) mass is 219 g/mol. The lowest BCUT2D eigenvalue weighted by Crippen LogP contribution is -2.42. The molecule has 1 N–H and O–H groups in total. The highest BCUT2D eigenvalue weighted by Crippen LogP contribution is 2.26. The molecule has 1 fully saturated rings. The predicted octanol–water partition coefficient (Wildman–Crippen LogP) is 1.91. The number of rotatable bonds is 3. The summed E-state index contributed by atoms with van der Waals surface area (Å²) in [7, 11) is 4.07. The van der Waals surface area contributed by atoms with Crippen molar-refractivity contribution in [2.45, 2.75) is 31.3 Å². The largest absolute Gasteiger partial charge is 0.390 e. The Kier molecular flexibility index (Phi) is 4.49. The standard InChI is InChI=1S/C10H19FNOP/c1-12-7-5-10(13,6-8-12)4-2-3-9(11)14/h3,13H,2,4-8,14H2,1H3/b9-3-. The van der Waals surface area contributed by atoms with Crippen molar-refractivity contribution in [1.29, 1.82) is 0 Å². The van der Waals surface area contributed by atoms with Crippen molar-refractivity contribution >= 4 is 9.24 Å². The number of hydrogen-bond acceptors (Lipinski definition) is 2. The van der Waals surface area contributed by atoms with Gasteiger partial charge in [-0.25, -0.2) is 4.39 Å². The fourth-order valence-corrected chi connectivity index (χ4v) is 1.93. The van der Waals surface area contributed by atoms with Crippen LogP contribution < -0.4 is 0 Å². The summed E-state index contributed by atoms with van der Waals surface area (Å²) in [6.07, 6.45) is 4.41. The number of nitrogens with zero attached hydrogens (tertiary/aromatic N) is 1. The summed E-state index contributed by atoms with van der Waals surface area (Å²) in [6.45, 7) is 1.87. The van der Waals surface area contributed by atoms with E-state index in [1.54, 1.807) is 0 Å². The molecule has 4 heteroatoms. The van der Waals surface area contributed by atoms with Crippen LogP contribution in [0.15, 0.2) is 11.6 Å². The molecule has 0 aromatic rings. The maximum absolute atomic E-state index is 12.4. The minimum absolute atomic E-state index is 0.235. The SMILES string of the molecule is CN1CCC(O)(CC/C=C(/F)P)CC1. The van der Waals surface area contributed by atoms with Crippen LogP contribution in [-0.4, -0.2) is 35.7 Å². The molecular weight excluding hydrogens is 200 g/mol. The molecule has 1 aliphatic rings. The third-order valence-corrected chi connectivity index (χ3v) is 3.10. The van der Waals surface area contributed by atoms with Gasteiger partial charge in [-0.3, -0.25) is 0 Å². The van der Waals surface area contributed by atoms with Crippen LogP contribution in [0, 0.1) is 0 Å². The molecule has 1 heterocycles. The lowest BCUT2D eigenvalue weighted by molar-refractivity contribution is -0.0215. The molecule has 1 atom stereocenters. The topological polar surface area (TPSA) is 23.5 Å². The van der Waals surface area contributed by atoms with Crippen LogP contribution in [0.3, 0.4) is 0 Å². The molecule has 14 heavy (non-hydrogen) atoms. The van der Waals surface area contributed by atoms with Crippen LogP contribution >= 0.6 is 9.24 Å². The zero-order chi connectivity index (χ0) is 10.6. The van der Waals surface area contributed by atoms with Gasteiger partial charge in [-0.2, -0.15) is 0 Å². The van der Waals surface area contributed by atoms with Crippen molar-refractivity contribution in [2.75, 3.05) is 20.1 Å². The zero-order valence-corrected chi connectivity index (χ0v) is 9.82. The second-order valence-electron chi connectivity index (χ2n) is 4.16. The summed E-state index contributed by atoms with van der Waals surface area (Å²) in [6, 6.07) is 0. The highest BCUT2D eigenvalue weighted by molar-refractivity contribution is 7.21. The average Bonchev–Trinajstić information content (AvgIpc) is 2.10. The van der Waals surface area contributed by atoms with Gasteiger partial charge < -0.3 is 10.0 Å². The molecule has 1 rings (SSSR count). The molecule has 0 aromatic heterocycles. The Bertz CT molecular complexity index is 208. The summed E-state index contributed by atoms with van der Waals surface area (Å²) in [5, 5.41) is 10.1. The van der Waals surface area contributed by atoms with E-state index in [0.29, 0.717) is 12.8 Å². The molecule has 1 aliphatic heterocycles. The Morgan fingerprint density at radius 2 is 2.14 bits per heavy atom. The smallest absolute Gasteiger partial charge is 0.112 e. The second-order valence-corrected chi connectivity index (χ2v) is 4.71. The first-order valence-electron chi connectivity index (χ1n) is 5.04. The van der Waals surface area contributed by atoms with Crippen molar-refractivity contribution in [3.63, 3.8) is 0 Å². The van der Waals surface area contributed by atoms with Gasteiger partial charge in [0.2, 0.25) is 0 Å². The number of likely N-dealkylation sites (tertiary alicyclic amines) is 1. The van der Waals surface area contributed by atoms with Crippen molar-refractivity contribution in [3.05, 3.63) is 11.6 Å². The maximum atomic E-state index is 12.4. The molecule has 0 saturated carbocycles. The van der Waals surface area contributed by atoms with Gasteiger partial charge in [0.1, 0.15) is 5.57 Å². The quantitative estimate of drug-likeness (QED) is 0.733. The Labute approximate surface area is 87.4 Å². The molecule has 1 saturated heterocycles. The van der Waals surface area contributed by atoms with Crippen LogP contribution in [0.2, 0.25) is 0 Å². The summed E-state index contributed by atoms with van der Waals surface area (Å²) >= 11 is 0. The van der Waals surface area contributed by atoms with Crippen LogP contribution in [0.25, 0.3) is 0 Å². The summed E-state index contributed by atoms with van der Waals surface area (Å²) in [5.41, 5.74) is -0.801. The molecule has 0 aromatic carbocycles. The molecule has 82 valence electrons. The van der Waals surface area contributed by atoms with E-state index in [4.69, 9.17) is 0 Å². The van der Waals surface area contributed by atoms with Gasteiger partial charge in [0.25, 0.3) is 0 Å². The molecule has 0 aliphatic carbocycles. The molecule has 0 amide bonds. The fraction of sp³-hybridized carbons (Fsp3) is 0.800. The highest BCUT2D eigenvalue weighted by Gasteiger charge is 2.29. The lowest BCUT2D eigenvalue weighted by Gasteiger charge is -2.36. The van der Waals surface area contributed by atoms with E-state index < -0.39 is 5.60 Å². The van der Waals surface area contributed by atoms with Gasteiger partial charge in [-0.05, 0) is 38.8 Å². The van der Waals surface area contributed by atoms with Gasteiger partial charge in [-0.1, -0.05) is 9.24 Å². The van der Waals surface area contributed by atoms with Crippen LogP contribution in [0.1, 0.15) is 25.7 Å². The zero-order valence-electron chi connectivity index (χ0n) is 8.67. The first-order chi connectivity index (χ1) is 6.52. The van der Waals surface area contributed by atoms with Crippen molar-refractivity contribution in [1.82, 2.24) is 4.90 Å². The number of piperidine rings is 1. The van der Waals surface area contributed by atoms with Gasteiger partial charge in [0, 0.05) is 13.1 Å². The first kappa shape index (κ1) is 12.1. The Balaban J connectivity index is 2.32. The molecule has 1 unspecified atom stereocenters. The Hall–Kier alpha value is 0.0200. The van der Waals surface area contributed by atoms with E-state index in [2.05, 4.69) is 11.9 Å². The molecule has 2 nitrogen and oxygen atoms in total. The van der Waals surface area contributed by atoms with Crippen molar-refractivity contribution in [2.24, 2.45) is 0 Å². The Morgan fingerprint density at radius 1 is 1.57 bits per heavy atom. The lowest BCUT2D eigenvalue weighted by atomic mass is 9.87. The van der Waals surface area contributed by atoms with Gasteiger partial charge in [0.05, 0.1) is 5.60 Å². The molecule has 0 bridgehead atoms. The van der Waals surface area contributed by atoms with Gasteiger partial charge in [-0.15, -0.1) is 0 Å². The first-order valence-corrected chi connectivity index (χ1v) is 5.62. The Morgan fingerprint density at radius 3 is 2.64 bits per heavy atom. The van der Waals surface area contributed by atoms with E-state index in [-0.39, 0.29) is 5.57 Å². The van der Waals surface area contributed by atoms with Crippen molar-refractivity contribution in [3.8, 4) is 0 Å². The van der Waals surface area contributed by atoms with Crippen LogP contribution in [-0.2, 0) is 0 Å². The van der Waals surface area contributed by atoms with Gasteiger partial charge in [0.15, 0.2) is 0 Å². The summed E-state index contributed by atoms with van der Waals surface area (Å²) in [4.78, 5) is 2.21. The minimum Gasteiger partial charge on any atom is -0.390 e. The third kappa shape index (κ3) is 4.04. The van der Waals surface area contributed by atoms with Gasteiger partial charge >= 0.3 is 0 Å². The second kappa shape index (κ2) is 5.20. The fourth-order valence-electron chi connectivity index (χ4n) is 1.76. The van der Waals surface area contributed by atoms with Crippen LogP contribution in [0.4, 0.5) is 4.39 Å². The van der Waals surface area contributed by atoms with E-state index >= 15 is 0 Å². The number of hydrogen-bond donors (Lipinski definition) is 1. The molecule has 0 spiro atoms. The van der Waals surface area contributed by atoms with E-state index in [1.807, 2.05) is 9.24 Å². The van der Waals surface area contributed by atoms with Crippen molar-refractivity contribution < 1.29 is 9.50 Å². The predicted molar refractivity (Wildman–Crippen MR) is 59.8 cm³/mol. The maximum Gasteiger partial charge on any atom is 0.112 e. The van der Waals surface area contributed by atoms with Crippen LogP contribution in [0.5, 0.6) is 0 Å². The molecule has 0 radical (unpaired) electrons. The summed E-state index contributed by atoms with van der Waals surface area (Å²) < 4.78 is 12.4. The summed E-state index contributed by atoms with van der Waals surface area (Å²) in [5.74, 6) is 0. The normalized spacial score (nSPS) is 23.9. The van der Waals surface area contributed by atoms with E-state index in [0.717, 1.165) is 25.9 Å². The molecular formula is C10H19FNOP. The van der Waals surface area contributed by atoms with E-state index in [1.165, 1.54) is 6.08 Å². The average molecular weight is 219 g/mol. The number of allylic oxidation sites excluding steroid dienone is 1. The number of halogens is 1.